The Labute approximate surface area is 209 Å². The number of benzene rings is 3. The van der Waals surface area contributed by atoms with E-state index >= 15 is 0 Å². The van der Waals surface area contributed by atoms with Crippen molar-refractivity contribution in [2.45, 2.75) is 11.4 Å². The smallest absolute Gasteiger partial charge is 0.343 e. The highest BCUT2D eigenvalue weighted by Gasteiger charge is 2.43. The zero-order chi connectivity index (χ0) is 25.9. The Balaban J connectivity index is 1.64. The van der Waals surface area contributed by atoms with Crippen LogP contribution in [-0.2, 0) is 21.4 Å². The lowest BCUT2D eigenvalue weighted by Crippen LogP contribution is -2.53. The lowest BCUT2D eigenvalue weighted by molar-refractivity contribution is -0.119. The fraction of sp³-hybridized carbons (Fsp3) is 0.200. The van der Waals surface area contributed by atoms with Gasteiger partial charge in [0.05, 0.1) is 32.7 Å². The third kappa shape index (κ3) is 4.65. The van der Waals surface area contributed by atoms with Gasteiger partial charge in [-0.15, -0.1) is 0 Å². The number of hydrogen-bond donors (Lipinski definition) is 1. The van der Waals surface area contributed by atoms with Gasteiger partial charge in [-0.05, 0) is 42.0 Å². The zero-order valence-electron chi connectivity index (χ0n) is 19.9. The van der Waals surface area contributed by atoms with E-state index < -0.39 is 22.0 Å². The molecule has 1 aliphatic heterocycles. The van der Waals surface area contributed by atoms with Crippen LogP contribution in [0.5, 0.6) is 17.2 Å². The summed E-state index contributed by atoms with van der Waals surface area (Å²) in [6, 6.07) is 16.7. The van der Waals surface area contributed by atoms with Gasteiger partial charge in [0.2, 0.25) is 5.91 Å². The number of ether oxygens (including phenoxy) is 3. The number of nitrogens with zero attached hydrogens (tertiary/aromatic N) is 2. The molecule has 1 aliphatic rings. The van der Waals surface area contributed by atoms with Crippen LogP contribution in [0.15, 0.2) is 71.6 Å². The second kappa shape index (κ2) is 10.2. The van der Waals surface area contributed by atoms with Crippen molar-refractivity contribution in [1.82, 2.24) is 5.32 Å². The number of methoxy groups -OCH3 is 3. The fourth-order valence-corrected chi connectivity index (χ4v) is 5.39. The van der Waals surface area contributed by atoms with Gasteiger partial charge >= 0.3 is 6.03 Å². The Morgan fingerprint density at radius 3 is 2.25 bits per heavy atom. The summed E-state index contributed by atoms with van der Waals surface area (Å²) in [6.45, 7) is -0.157. The molecule has 0 saturated carbocycles. The number of para-hydroxylation sites is 1. The lowest BCUT2D eigenvalue weighted by atomic mass is 10.2. The van der Waals surface area contributed by atoms with Crippen molar-refractivity contribution in [3.8, 4) is 17.2 Å². The minimum atomic E-state index is -4.26. The van der Waals surface area contributed by atoms with Gasteiger partial charge in [-0.2, -0.15) is 4.31 Å². The van der Waals surface area contributed by atoms with Crippen LogP contribution in [0.3, 0.4) is 0 Å². The number of carbonyl (C=O) groups excluding carboxylic acids is 2. The van der Waals surface area contributed by atoms with Gasteiger partial charge in [-0.1, -0.05) is 24.3 Å². The number of carbonyl (C=O) groups is 2. The van der Waals surface area contributed by atoms with E-state index in [9.17, 15) is 18.0 Å². The molecule has 0 aromatic heterocycles. The number of hydrogen-bond acceptors (Lipinski definition) is 7. The molecule has 0 atom stereocenters. The number of amides is 3. The van der Waals surface area contributed by atoms with Gasteiger partial charge in [0.15, 0.2) is 11.5 Å². The fourth-order valence-electron chi connectivity index (χ4n) is 3.81. The Bertz CT molecular complexity index is 1390. The minimum Gasteiger partial charge on any atom is -0.497 e. The van der Waals surface area contributed by atoms with Crippen molar-refractivity contribution in [1.29, 1.82) is 0 Å². The van der Waals surface area contributed by atoms with Gasteiger partial charge in [0, 0.05) is 12.6 Å². The minimum absolute atomic E-state index is 0.0517. The van der Waals surface area contributed by atoms with Crippen molar-refractivity contribution < 1.29 is 32.2 Å². The van der Waals surface area contributed by atoms with Crippen LogP contribution in [0, 0.1) is 0 Å². The second-order valence-corrected chi connectivity index (χ2v) is 9.53. The molecule has 0 fully saturated rings. The largest absolute Gasteiger partial charge is 0.497 e. The average Bonchev–Trinajstić information content (AvgIpc) is 2.90. The molecule has 188 valence electrons. The molecule has 0 saturated heterocycles. The Kier molecular flexibility index (Phi) is 7.02. The molecule has 36 heavy (non-hydrogen) atoms. The van der Waals surface area contributed by atoms with Gasteiger partial charge in [0.1, 0.15) is 17.2 Å². The van der Waals surface area contributed by atoms with E-state index in [1.54, 1.807) is 31.4 Å². The van der Waals surface area contributed by atoms with E-state index in [1.807, 2.05) is 12.1 Å². The normalized spacial score (nSPS) is 14.1. The number of anilines is 2. The van der Waals surface area contributed by atoms with E-state index in [0.717, 1.165) is 10.5 Å². The van der Waals surface area contributed by atoms with E-state index in [4.69, 9.17) is 14.2 Å². The van der Waals surface area contributed by atoms with Crippen LogP contribution in [-0.4, -0.2) is 48.2 Å². The van der Waals surface area contributed by atoms with E-state index in [2.05, 4.69) is 5.32 Å². The highest BCUT2D eigenvalue weighted by molar-refractivity contribution is 7.94. The third-order valence-corrected chi connectivity index (χ3v) is 7.38. The number of fused-ring (bicyclic) bond motifs is 1. The second-order valence-electron chi connectivity index (χ2n) is 7.77. The summed E-state index contributed by atoms with van der Waals surface area (Å²) in [5, 5.41) is 2.77. The summed E-state index contributed by atoms with van der Waals surface area (Å²) in [6.07, 6.45) is 0. The molecule has 1 N–H and O–H groups in total. The van der Waals surface area contributed by atoms with Crippen molar-refractivity contribution in [2.75, 3.05) is 37.1 Å². The van der Waals surface area contributed by atoms with Gasteiger partial charge in [-0.25, -0.2) is 13.2 Å². The molecule has 0 spiro atoms. The quantitative estimate of drug-likeness (QED) is 0.494. The molecule has 0 radical (unpaired) electrons. The van der Waals surface area contributed by atoms with Gasteiger partial charge in [0.25, 0.3) is 10.0 Å². The molecule has 0 aliphatic carbocycles. The molecule has 3 aromatic rings. The first-order valence-corrected chi connectivity index (χ1v) is 12.3. The van der Waals surface area contributed by atoms with Crippen molar-refractivity contribution in [3.63, 3.8) is 0 Å². The number of rotatable bonds is 8. The maximum absolute atomic E-state index is 13.5. The van der Waals surface area contributed by atoms with E-state index in [0.29, 0.717) is 15.8 Å². The molecular formula is C25H25N3O7S. The molecule has 10 nitrogen and oxygen atoms in total. The summed E-state index contributed by atoms with van der Waals surface area (Å²) in [7, 11) is 0.160. The highest BCUT2D eigenvalue weighted by atomic mass is 32.2. The summed E-state index contributed by atoms with van der Waals surface area (Å²) in [5.74, 6) is 0.858. The monoisotopic (exact) mass is 511 g/mol. The van der Waals surface area contributed by atoms with Gasteiger partial charge in [-0.3, -0.25) is 9.69 Å². The predicted molar refractivity (Wildman–Crippen MR) is 133 cm³/mol. The standard InChI is InChI=1S/C25H25N3O7S/c1-33-19-11-8-17(9-12-19)15-26-24(29)16-27-20-6-4-5-7-23(20)36(31,32)28(25(27)30)18-10-13-21(34-2)22(14-18)35-3/h4-14H,15-16H2,1-3H3,(H,26,29). The molecule has 0 unspecified atom stereocenters. The van der Waals surface area contributed by atoms with Crippen molar-refractivity contribution in [3.05, 3.63) is 72.3 Å². The molecule has 3 amide bonds. The van der Waals surface area contributed by atoms with Crippen molar-refractivity contribution in [2.24, 2.45) is 0 Å². The first-order valence-electron chi connectivity index (χ1n) is 10.9. The Morgan fingerprint density at radius 1 is 0.889 bits per heavy atom. The van der Waals surface area contributed by atoms with Crippen LogP contribution in [0.25, 0.3) is 0 Å². The zero-order valence-corrected chi connectivity index (χ0v) is 20.7. The molecular weight excluding hydrogens is 486 g/mol. The van der Waals surface area contributed by atoms with Crippen LogP contribution in [0.4, 0.5) is 16.2 Å². The first-order chi connectivity index (χ1) is 17.3. The summed E-state index contributed by atoms with van der Waals surface area (Å²) < 4.78 is 43.2. The Hall–Kier alpha value is -4.25. The number of urea groups is 1. The maximum Gasteiger partial charge on any atom is 0.343 e. The molecule has 0 bridgehead atoms. The first kappa shape index (κ1) is 24.9. The van der Waals surface area contributed by atoms with Gasteiger partial charge < -0.3 is 19.5 Å². The van der Waals surface area contributed by atoms with Crippen molar-refractivity contribution >= 4 is 33.3 Å². The van der Waals surface area contributed by atoms with Crippen LogP contribution >= 0.6 is 0 Å². The van der Waals surface area contributed by atoms with Crippen LogP contribution in [0.1, 0.15) is 5.56 Å². The predicted octanol–water partition coefficient (Wildman–Crippen LogP) is 3.16. The molecule has 3 aromatic carbocycles. The molecule has 11 heteroatoms. The summed E-state index contributed by atoms with van der Waals surface area (Å²) in [5.41, 5.74) is 1.01. The molecule has 1 heterocycles. The number of nitrogens with one attached hydrogen (secondary N) is 1. The summed E-state index contributed by atoms with van der Waals surface area (Å²) in [4.78, 5) is 27.4. The van der Waals surface area contributed by atoms with E-state index in [-0.39, 0.29) is 35.1 Å². The highest BCUT2D eigenvalue weighted by Crippen LogP contribution is 2.39. The SMILES string of the molecule is COc1ccc(CNC(=O)CN2C(=O)N(c3ccc(OC)c(OC)c3)S(=O)(=O)c3ccccc32)cc1. The van der Waals surface area contributed by atoms with Crippen LogP contribution < -0.4 is 28.7 Å². The molecule has 4 rings (SSSR count). The number of sulfonamides is 1. The topological polar surface area (TPSA) is 114 Å². The third-order valence-electron chi connectivity index (χ3n) is 5.63. The lowest BCUT2D eigenvalue weighted by Gasteiger charge is -2.36. The average molecular weight is 512 g/mol. The summed E-state index contributed by atoms with van der Waals surface area (Å²) >= 11 is 0. The van der Waals surface area contributed by atoms with Crippen LogP contribution in [0.2, 0.25) is 0 Å². The maximum atomic E-state index is 13.5. The Morgan fingerprint density at radius 2 is 1.58 bits per heavy atom. The van der Waals surface area contributed by atoms with E-state index in [1.165, 1.54) is 44.6 Å².